The van der Waals surface area contributed by atoms with Crippen molar-refractivity contribution in [3.63, 3.8) is 0 Å². The number of nitrogens with zero attached hydrogens (tertiary/aromatic N) is 1. The summed E-state index contributed by atoms with van der Waals surface area (Å²) in [5, 5.41) is 6.84. The van der Waals surface area contributed by atoms with Crippen LogP contribution in [0.2, 0.25) is 0 Å². The third-order valence-corrected chi connectivity index (χ3v) is 4.99. The Morgan fingerprint density at radius 2 is 1.96 bits per heavy atom. The maximum atomic E-state index is 13.1. The molecule has 1 unspecified atom stereocenters. The summed E-state index contributed by atoms with van der Waals surface area (Å²) in [5.41, 5.74) is 2.28. The van der Waals surface area contributed by atoms with E-state index < -0.39 is 0 Å². The molecule has 4 nitrogen and oxygen atoms in total. The Morgan fingerprint density at radius 3 is 2.65 bits per heavy atom. The lowest BCUT2D eigenvalue weighted by molar-refractivity contribution is 0.0937. The zero-order valence-corrected chi connectivity index (χ0v) is 15.3. The number of benzene rings is 2. The van der Waals surface area contributed by atoms with Crippen LogP contribution in [0.5, 0.6) is 0 Å². The van der Waals surface area contributed by atoms with Crippen molar-refractivity contribution in [2.45, 2.75) is 30.5 Å². The molecule has 6 heteroatoms. The van der Waals surface area contributed by atoms with Gasteiger partial charge in [-0.25, -0.2) is 4.39 Å². The van der Waals surface area contributed by atoms with Gasteiger partial charge in [0.25, 0.3) is 5.91 Å². The van der Waals surface area contributed by atoms with Crippen LogP contribution in [0, 0.1) is 12.7 Å². The first kappa shape index (κ1) is 18.2. The summed E-state index contributed by atoms with van der Waals surface area (Å²) < 4.78 is 18.3. The van der Waals surface area contributed by atoms with E-state index in [4.69, 9.17) is 4.52 Å². The minimum Gasteiger partial charge on any atom is -0.360 e. The van der Waals surface area contributed by atoms with Crippen molar-refractivity contribution in [1.29, 1.82) is 0 Å². The van der Waals surface area contributed by atoms with Gasteiger partial charge in [-0.3, -0.25) is 4.79 Å². The normalized spacial score (nSPS) is 12.0. The second-order valence-corrected chi connectivity index (χ2v) is 6.98. The van der Waals surface area contributed by atoms with Crippen LogP contribution in [0.3, 0.4) is 0 Å². The first-order chi connectivity index (χ1) is 12.5. The summed E-state index contributed by atoms with van der Waals surface area (Å²) in [4.78, 5) is 13.6. The predicted octanol–water partition coefficient (Wildman–Crippen LogP) is 4.91. The minimum atomic E-state index is -0.295. The number of rotatable bonds is 6. The smallest absolute Gasteiger partial charge is 0.252 e. The summed E-state index contributed by atoms with van der Waals surface area (Å²) in [6.45, 7) is 3.74. The van der Waals surface area contributed by atoms with Gasteiger partial charge < -0.3 is 9.84 Å². The SMILES string of the molecule is Cc1cc(CSc2ccccc2C(=O)NC(C)c2ccc(F)cc2)on1. The Bertz CT molecular complexity index is 893. The number of hydrogen-bond donors (Lipinski definition) is 1. The standard InChI is InChI=1S/C20H19FN2O2S/c1-13-11-17(25-23-13)12-26-19-6-4-3-5-18(19)20(24)22-14(2)15-7-9-16(21)10-8-15/h3-11,14H,12H2,1-2H3,(H,22,24). The van der Waals surface area contributed by atoms with E-state index in [0.717, 1.165) is 21.9 Å². The van der Waals surface area contributed by atoms with Crippen molar-refractivity contribution < 1.29 is 13.7 Å². The van der Waals surface area contributed by atoms with E-state index in [0.29, 0.717) is 11.3 Å². The Balaban J connectivity index is 1.69. The van der Waals surface area contributed by atoms with Crippen molar-refractivity contribution in [2.24, 2.45) is 0 Å². The minimum absolute atomic E-state index is 0.168. The van der Waals surface area contributed by atoms with Gasteiger partial charge >= 0.3 is 0 Å². The van der Waals surface area contributed by atoms with Crippen LogP contribution in [-0.2, 0) is 5.75 Å². The van der Waals surface area contributed by atoms with Crippen LogP contribution >= 0.6 is 11.8 Å². The fourth-order valence-corrected chi connectivity index (χ4v) is 3.45. The number of halogens is 1. The maximum Gasteiger partial charge on any atom is 0.252 e. The number of nitrogens with one attached hydrogen (secondary N) is 1. The molecule has 134 valence electrons. The summed E-state index contributed by atoms with van der Waals surface area (Å²) >= 11 is 1.52. The Hall–Kier alpha value is -2.60. The molecule has 3 rings (SSSR count). The number of amides is 1. The van der Waals surface area contributed by atoms with Crippen LogP contribution in [0.15, 0.2) is 64.0 Å². The predicted molar refractivity (Wildman–Crippen MR) is 99.5 cm³/mol. The highest BCUT2D eigenvalue weighted by Gasteiger charge is 2.15. The molecule has 0 saturated heterocycles. The lowest BCUT2D eigenvalue weighted by Crippen LogP contribution is -2.27. The molecule has 0 bridgehead atoms. The molecule has 0 aliphatic rings. The molecule has 26 heavy (non-hydrogen) atoms. The first-order valence-corrected chi connectivity index (χ1v) is 9.22. The molecule has 0 aliphatic heterocycles. The second kappa shape index (κ2) is 8.19. The van der Waals surface area contributed by atoms with Crippen molar-refractivity contribution >= 4 is 17.7 Å². The molecule has 0 spiro atoms. The summed E-state index contributed by atoms with van der Waals surface area (Å²) in [6, 6.07) is 15.2. The second-order valence-electron chi connectivity index (χ2n) is 5.97. The molecule has 0 aliphatic carbocycles. The molecule has 2 aromatic carbocycles. The van der Waals surface area contributed by atoms with Crippen LogP contribution in [-0.4, -0.2) is 11.1 Å². The van der Waals surface area contributed by atoms with Crippen molar-refractivity contribution in [2.75, 3.05) is 0 Å². The summed E-state index contributed by atoms with van der Waals surface area (Å²) in [6.07, 6.45) is 0. The fourth-order valence-electron chi connectivity index (χ4n) is 2.52. The highest BCUT2D eigenvalue weighted by Crippen LogP contribution is 2.27. The Kier molecular flexibility index (Phi) is 5.73. The average Bonchev–Trinajstić information content (AvgIpc) is 3.06. The summed E-state index contributed by atoms with van der Waals surface area (Å²) in [5.74, 6) is 0.899. The number of hydrogen-bond acceptors (Lipinski definition) is 4. The first-order valence-electron chi connectivity index (χ1n) is 8.23. The van der Waals surface area contributed by atoms with Crippen LogP contribution < -0.4 is 5.32 Å². The third-order valence-electron chi connectivity index (χ3n) is 3.90. The molecule has 1 atom stereocenters. The quantitative estimate of drug-likeness (QED) is 0.627. The largest absolute Gasteiger partial charge is 0.360 e. The molecular formula is C20H19FN2O2S. The van der Waals surface area contributed by atoms with E-state index in [2.05, 4.69) is 10.5 Å². The zero-order chi connectivity index (χ0) is 18.5. The maximum absolute atomic E-state index is 13.1. The fraction of sp³-hybridized carbons (Fsp3) is 0.200. The Labute approximate surface area is 155 Å². The van der Waals surface area contributed by atoms with Crippen LogP contribution in [0.25, 0.3) is 0 Å². The van der Waals surface area contributed by atoms with Gasteiger partial charge in [0.15, 0.2) is 0 Å². The number of thioether (sulfide) groups is 1. The third kappa shape index (κ3) is 4.52. The summed E-state index contributed by atoms with van der Waals surface area (Å²) in [7, 11) is 0. The van der Waals surface area contributed by atoms with Gasteiger partial charge in [-0.15, -0.1) is 11.8 Å². The molecule has 1 amide bonds. The van der Waals surface area contributed by atoms with Crippen LogP contribution in [0.1, 0.15) is 40.3 Å². The molecule has 0 radical (unpaired) electrons. The van der Waals surface area contributed by atoms with Crippen molar-refractivity contribution in [3.05, 3.63) is 83.0 Å². The van der Waals surface area contributed by atoms with Gasteiger partial charge in [-0.1, -0.05) is 29.4 Å². The van der Waals surface area contributed by atoms with Gasteiger partial charge in [-0.2, -0.15) is 0 Å². The highest BCUT2D eigenvalue weighted by atomic mass is 32.2. The van der Waals surface area contributed by atoms with Gasteiger partial charge in [0.05, 0.1) is 23.1 Å². The number of carbonyl (C=O) groups excluding carboxylic acids is 1. The van der Waals surface area contributed by atoms with E-state index in [9.17, 15) is 9.18 Å². The number of aryl methyl sites for hydroxylation is 1. The topological polar surface area (TPSA) is 55.1 Å². The molecule has 1 heterocycles. The number of carbonyl (C=O) groups is 1. The van der Waals surface area contributed by atoms with Gasteiger partial charge in [0.2, 0.25) is 0 Å². The molecular weight excluding hydrogens is 351 g/mol. The molecule has 0 fully saturated rings. The van der Waals surface area contributed by atoms with Crippen molar-refractivity contribution in [1.82, 2.24) is 10.5 Å². The monoisotopic (exact) mass is 370 g/mol. The Morgan fingerprint density at radius 1 is 1.23 bits per heavy atom. The van der Waals surface area contributed by atoms with E-state index in [1.807, 2.05) is 38.1 Å². The van der Waals surface area contributed by atoms with E-state index in [1.165, 1.54) is 23.9 Å². The molecule has 3 aromatic rings. The zero-order valence-electron chi connectivity index (χ0n) is 14.5. The lowest BCUT2D eigenvalue weighted by atomic mass is 10.1. The lowest BCUT2D eigenvalue weighted by Gasteiger charge is -2.16. The van der Waals surface area contributed by atoms with Gasteiger partial charge in [0.1, 0.15) is 11.6 Å². The molecule has 1 aromatic heterocycles. The van der Waals surface area contributed by atoms with Crippen LogP contribution in [0.4, 0.5) is 4.39 Å². The average molecular weight is 370 g/mol. The van der Waals surface area contributed by atoms with E-state index in [-0.39, 0.29) is 17.8 Å². The van der Waals surface area contributed by atoms with E-state index >= 15 is 0 Å². The molecule has 1 N–H and O–H groups in total. The van der Waals surface area contributed by atoms with Crippen molar-refractivity contribution in [3.8, 4) is 0 Å². The van der Waals surface area contributed by atoms with Gasteiger partial charge in [0, 0.05) is 11.0 Å². The molecule has 0 saturated carbocycles. The number of aromatic nitrogens is 1. The van der Waals surface area contributed by atoms with E-state index in [1.54, 1.807) is 18.2 Å². The highest BCUT2D eigenvalue weighted by molar-refractivity contribution is 7.98. The van der Waals surface area contributed by atoms with Gasteiger partial charge in [-0.05, 0) is 43.7 Å².